The summed E-state index contributed by atoms with van der Waals surface area (Å²) < 4.78 is 13.3. The minimum atomic E-state index is -1.59. The molecule has 9 N–H and O–H groups in total. The van der Waals surface area contributed by atoms with Crippen molar-refractivity contribution in [1.29, 1.82) is 0 Å². The number of benzene rings is 2. The van der Waals surface area contributed by atoms with E-state index in [0.29, 0.717) is 11.3 Å². The van der Waals surface area contributed by atoms with Crippen molar-refractivity contribution < 1.29 is 33.5 Å². The number of primary amides is 1. The van der Waals surface area contributed by atoms with Gasteiger partial charge in [-0.25, -0.2) is 4.39 Å². The van der Waals surface area contributed by atoms with Crippen LogP contribution in [0, 0.1) is 5.82 Å². The van der Waals surface area contributed by atoms with E-state index in [2.05, 4.69) is 20.9 Å². The van der Waals surface area contributed by atoms with Crippen LogP contribution in [0.3, 0.4) is 0 Å². The standard InChI is InChI=1S/C29H35FN6O6S/c1-43-11-10-22(34-27(40)20(31)13-17-15-33-21-5-3-2-4-19(17)21)28(41)36-24(14-25(37)38)29(42)35-23(26(32)39)12-16-6-8-18(30)9-7-16/h2-9,15,20,22-24,33H,10-14,31H2,1H3,(H2,32,39)(H,34,40)(H,35,42)(H,36,41)(H,37,38)/t20-,22+,23+,24+/m1/s1. The number of para-hydroxylation sites is 1. The molecule has 14 heteroatoms. The Morgan fingerprint density at radius 1 is 0.907 bits per heavy atom. The average Bonchev–Trinajstić information content (AvgIpc) is 3.37. The van der Waals surface area contributed by atoms with E-state index in [9.17, 15) is 33.5 Å². The van der Waals surface area contributed by atoms with Crippen molar-refractivity contribution in [3.8, 4) is 0 Å². The van der Waals surface area contributed by atoms with E-state index >= 15 is 0 Å². The Morgan fingerprint density at radius 3 is 2.19 bits per heavy atom. The van der Waals surface area contributed by atoms with Crippen LogP contribution in [0.25, 0.3) is 10.9 Å². The number of carbonyl (C=O) groups is 5. The maximum Gasteiger partial charge on any atom is 0.305 e. The maximum absolute atomic E-state index is 13.3. The number of carbonyl (C=O) groups excluding carboxylic acids is 4. The fourth-order valence-electron chi connectivity index (χ4n) is 4.42. The molecule has 0 aliphatic heterocycles. The Hall–Kier alpha value is -4.43. The number of hydrogen-bond acceptors (Lipinski definition) is 7. The number of aromatic amines is 1. The summed E-state index contributed by atoms with van der Waals surface area (Å²) in [5, 5.41) is 17.7. The topological polar surface area (TPSA) is 209 Å². The first-order valence-corrected chi connectivity index (χ1v) is 14.8. The van der Waals surface area contributed by atoms with E-state index < -0.39 is 66.0 Å². The fraction of sp³-hybridized carbons (Fsp3) is 0.345. The number of carboxylic acids is 1. The van der Waals surface area contributed by atoms with Crippen molar-refractivity contribution >= 4 is 52.3 Å². The lowest BCUT2D eigenvalue weighted by atomic mass is 10.0. The molecule has 0 spiro atoms. The number of carboxylic acid groups (broad SMARTS) is 1. The van der Waals surface area contributed by atoms with Gasteiger partial charge in [0.1, 0.15) is 23.9 Å². The van der Waals surface area contributed by atoms with Crippen molar-refractivity contribution in [2.45, 2.75) is 49.9 Å². The van der Waals surface area contributed by atoms with Gasteiger partial charge in [-0.1, -0.05) is 30.3 Å². The van der Waals surface area contributed by atoms with E-state index in [1.807, 2.05) is 30.5 Å². The third kappa shape index (κ3) is 9.82. The van der Waals surface area contributed by atoms with Crippen molar-refractivity contribution in [3.63, 3.8) is 0 Å². The highest BCUT2D eigenvalue weighted by Gasteiger charge is 2.31. The third-order valence-electron chi connectivity index (χ3n) is 6.72. The molecule has 2 aromatic carbocycles. The molecule has 1 aromatic heterocycles. The Labute approximate surface area is 251 Å². The molecule has 0 saturated carbocycles. The van der Waals surface area contributed by atoms with Crippen LogP contribution in [0.2, 0.25) is 0 Å². The van der Waals surface area contributed by atoms with Gasteiger partial charge in [-0.2, -0.15) is 11.8 Å². The number of H-pyrrole nitrogens is 1. The molecule has 12 nitrogen and oxygen atoms in total. The monoisotopic (exact) mass is 614 g/mol. The van der Waals surface area contributed by atoms with Crippen LogP contribution in [0.15, 0.2) is 54.7 Å². The minimum Gasteiger partial charge on any atom is -0.481 e. The first-order valence-electron chi connectivity index (χ1n) is 13.4. The van der Waals surface area contributed by atoms with Crippen molar-refractivity contribution in [1.82, 2.24) is 20.9 Å². The SMILES string of the molecule is CSCC[C@H](NC(=O)[C@H](N)Cc1c[nH]c2ccccc12)C(=O)N[C@@H](CC(=O)O)C(=O)N[C@@H](Cc1ccc(F)cc1)C(N)=O. The number of amides is 4. The summed E-state index contributed by atoms with van der Waals surface area (Å²) >= 11 is 1.42. The molecular formula is C29H35FN6O6S. The van der Waals surface area contributed by atoms with Crippen molar-refractivity contribution in [2.75, 3.05) is 12.0 Å². The van der Waals surface area contributed by atoms with Gasteiger partial charge in [0.05, 0.1) is 12.5 Å². The smallest absolute Gasteiger partial charge is 0.305 e. The van der Waals surface area contributed by atoms with E-state index in [1.165, 1.54) is 36.0 Å². The molecule has 0 aliphatic rings. The number of aliphatic carboxylic acids is 1. The molecule has 4 atom stereocenters. The van der Waals surface area contributed by atoms with Gasteiger partial charge in [0, 0.05) is 23.5 Å². The fourth-order valence-corrected chi connectivity index (χ4v) is 4.89. The summed E-state index contributed by atoms with van der Waals surface area (Å²) in [7, 11) is 0. The zero-order chi connectivity index (χ0) is 31.5. The van der Waals surface area contributed by atoms with Gasteiger partial charge in [0.2, 0.25) is 23.6 Å². The number of nitrogens with two attached hydrogens (primary N) is 2. The van der Waals surface area contributed by atoms with Gasteiger partial charge in [-0.3, -0.25) is 24.0 Å². The predicted molar refractivity (Wildman–Crippen MR) is 160 cm³/mol. The van der Waals surface area contributed by atoms with Crippen LogP contribution in [0.4, 0.5) is 4.39 Å². The van der Waals surface area contributed by atoms with E-state index in [4.69, 9.17) is 11.5 Å². The average molecular weight is 615 g/mol. The van der Waals surface area contributed by atoms with Crippen LogP contribution < -0.4 is 27.4 Å². The number of fused-ring (bicyclic) bond motifs is 1. The lowest BCUT2D eigenvalue weighted by Crippen LogP contribution is -2.58. The Kier molecular flexibility index (Phi) is 12.1. The number of aromatic nitrogens is 1. The van der Waals surface area contributed by atoms with Gasteiger partial charge in [0.25, 0.3) is 0 Å². The molecular weight excluding hydrogens is 579 g/mol. The molecule has 4 amide bonds. The first-order chi connectivity index (χ1) is 20.5. The number of thioether (sulfide) groups is 1. The van der Waals surface area contributed by atoms with Gasteiger partial charge in [-0.15, -0.1) is 0 Å². The van der Waals surface area contributed by atoms with Crippen molar-refractivity contribution in [3.05, 3.63) is 71.7 Å². The Morgan fingerprint density at radius 2 is 1.53 bits per heavy atom. The second-order valence-electron chi connectivity index (χ2n) is 9.97. The second-order valence-corrected chi connectivity index (χ2v) is 11.0. The molecule has 0 radical (unpaired) electrons. The first kappa shape index (κ1) is 33.1. The molecule has 0 fully saturated rings. The molecule has 3 aromatic rings. The van der Waals surface area contributed by atoms with Gasteiger partial charge >= 0.3 is 5.97 Å². The number of halogens is 1. The molecule has 0 bridgehead atoms. The molecule has 3 rings (SSSR count). The maximum atomic E-state index is 13.3. The molecule has 0 aliphatic carbocycles. The highest BCUT2D eigenvalue weighted by Crippen LogP contribution is 2.19. The van der Waals surface area contributed by atoms with Gasteiger partial charge in [0.15, 0.2) is 0 Å². The summed E-state index contributed by atoms with van der Waals surface area (Å²) in [4.78, 5) is 66.0. The number of nitrogens with one attached hydrogen (secondary N) is 4. The number of hydrogen-bond donors (Lipinski definition) is 7. The van der Waals surface area contributed by atoms with Crippen LogP contribution in [-0.2, 0) is 36.8 Å². The quantitative estimate of drug-likeness (QED) is 0.121. The third-order valence-corrected chi connectivity index (χ3v) is 7.36. The second kappa shape index (κ2) is 15.7. The van der Waals surface area contributed by atoms with Crippen LogP contribution in [-0.4, -0.2) is 75.9 Å². The largest absolute Gasteiger partial charge is 0.481 e. The minimum absolute atomic E-state index is 0.0875. The van der Waals surface area contributed by atoms with Crippen molar-refractivity contribution in [2.24, 2.45) is 11.5 Å². The Bertz CT molecular complexity index is 1450. The number of rotatable bonds is 16. The summed E-state index contributed by atoms with van der Waals surface area (Å²) in [5.41, 5.74) is 13.8. The summed E-state index contributed by atoms with van der Waals surface area (Å²) in [6.07, 6.45) is 3.05. The van der Waals surface area contributed by atoms with Crippen LogP contribution in [0.5, 0.6) is 0 Å². The predicted octanol–water partition coefficient (Wildman–Crippen LogP) is 0.587. The highest BCUT2D eigenvalue weighted by atomic mass is 32.2. The zero-order valence-corrected chi connectivity index (χ0v) is 24.3. The summed E-state index contributed by atoms with van der Waals surface area (Å²) in [5.74, 6) is -4.68. The zero-order valence-electron chi connectivity index (χ0n) is 23.5. The van der Waals surface area contributed by atoms with E-state index in [-0.39, 0.29) is 19.3 Å². The molecule has 230 valence electrons. The molecule has 0 saturated heterocycles. The van der Waals surface area contributed by atoms with E-state index in [0.717, 1.165) is 16.5 Å². The van der Waals surface area contributed by atoms with Gasteiger partial charge < -0.3 is 37.5 Å². The molecule has 1 heterocycles. The van der Waals surface area contributed by atoms with Crippen LogP contribution in [0.1, 0.15) is 24.0 Å². The lowest BCUT2D eigenvalue weighted by molar-refractivity contribution is -0.141. The Balaban J connectivity index is 1.69. The van der Waals surface area contributed by atoms with Crippen LogP contribution >= 0.6 is 11.8 Å². The molecule has 43 heavy (non-hydrogen) atoms. The summed E-state index contributed by atoms with van der Waals surface area (Å²) in [6.45, 7) is 0. The molecule has 0 unspecified atom stereocenters. The van der Waals surface area contributed by atoms with Gasteiger partial charge in [-0.05, 0) is 54.2 Å². The normalized spacial score (nSPS) is 13.8. The lowest BCUT2D eigenvalue weighted by Gasteiger charge is -2.25. The van der Waals surface area contributed by atoms with E-state index in [1.54, 1.807) is 6.20 Å². The summed E-state index contributed by atoms with van der Waals surface area (Å²) in [6, 6.07) is 7.75. The highest BCUT2D eigenvalue weighted by molar-refractivity contribution is 7.98.